The van der Waals surface area contributed by atoms with Crippen LogP contribution in [0.3, 0.4) is 0 Å². The fraction of sp³-hybridized carbons (Fsp3) is 0.538. The first-order valence-corrected chi connectivity index (χ1v) is 7.92. The molecular formula is C13H23N2NaO3S. The fourth-order valence-electron chi connectivity index (χ4n) is 1.96. The van der Waals surface area contributed by atoms with Gasteiger partial charge in [0, 0.05) is 18.8 Å². The molecule has 0 aliphatic rings. The van der Waals surface area contributed by atoms with E-state index < -0.39 is 10.3 Å². The molecule has 0 saturated carbocycles. The summed E-state index contributed by atoms with van der Waals surface area (Å²) in [5.74, 6) is 0.277. The molecule has 0 unspecified atom stereocenters. The standard InChI is InChI=1S/C13H22N2O3S.Na.H/c1-4-8-15(9-5-2)12-6-7-13(11(3)10-12)18-19(14,16)17;;/h6-7,10H,4-5,8-9H2,1-3H3,(H2,14,16,17);;/q;+1;-1. The van der Waals surface area contributed by atoms with Crippen molar-refractivity contribution in [1.29, 1.82) is 0 Å². The van der Waals surface area contributed by atoms with Crippen LogP contribution in [0.4, 0.5) is 5.69 Å². The van der Waals surface area contributed by atoms with Crippen LogP contribution >= 0.6 is 0 Å². The molecule has 0 amide bonds. The van der Waals surface area contributed by atoms with Crippen molar-refractivity contribution in [3.8, 4) is 5.75 Å². The van der Waals surface area contributed by atoms with E-state index in [0.29, 0.717) is 0 Å². The van der Waals surface area contributed by atoms with Gasteiger partial charge in [0.15, 0.2) is 0 Å². The van der Waals surface area contributed by atoms with Crippen molar-refractivity contribution in [2.24, 2.45) is 5.14 Å². The van der Waals surface area contributed by atoms with Gasteiger partial charge in [-0.1, -0.05) is 13.8 Å². The molecule has 1 aromatic rings. The minimum Gasteiger partial charge on any atom is -1.00 e. The smallest absolute Gasteiger partial charge is 1.00 e. The van der Waals surface area contributed by atoms with Gasteiger partial charge in [0.05, 0.1) is 0 Å². The zero-order valence-corrected chi connectivity index (χ0v) is 15.5. The maximum Gasteiger partial charge on any atom is 1.00 e. The van der Waals surface area contributed by atoms with Gasteiger partial charge in [-0.05, 0) is 43.5 Å². The van der Waals surface area contributed by atoms with Crippen molar-refractivity contribution in [2.45, 2.75) is 33.6 Å². The third-order valence-corrected chi connectivity index (χ3v) is 3.13. The summed E-state index contributed by atoms with van der Waals surface area (Å²) in [6.07, 6.45) is 2.13. The van der Waals surface area contributed by atoms with Crippen molar-refractivity contribution >= 4 is 16.0 Å². The second-order valence-corrected chi connectivity index (χ2v) is 5.67. The number of nitrogens with zero attached hydrogens (tertiary/aromatic N) is 1. The number of anilines is 1. The molecule has 110 valence electrons. The van der Waals surface area contributed by atoms with Gasteiger partial charge >= 0.3 is 39.9 Å². The summed E-state index contributed by atoms with van der Waals surface area (Å²) < 4.78 is 26.6. The number of hydrogen-bond donors (Lipinski definition) is 1. The molecule has 0 fully saturated rings. The Balaban J connectivity index is 0. The summed E-state index contributed by atoms with van der Waals surface area (Å²) in [5, 5.41) is 4.87. The summed E-state index contributed by atoms with van der Waals surface area (Å²) in [4.78, 5) is 2.27. The zero-order chi connectivity index (χ0) is 14.5. The number of nitrogens with two attached hydrogens (primary N) is 1. The Hall–Kier alpha value is -0.270. The monoisotopic (exact) mass is 310 g/mol. The quantitative estimate of drug-likeness (QED) is 0.677. The molecule has 0 radical (unpaired) electrons. The molecule has 2 N–H and O–H groups in total. The van der Waals surface area contributed by atoms with E-state index in [2.05, 4.69) is 18.7 Å². The van der Waals surface area contributed by atoms with E-state index in [4.69, 9.17) is 9.32 Å². The SMILES string of the molecule is CCCN(CCC)c1ccc(OS(N)(=O)=O)c(C)c1.[H-].[Na+]. The molecule has 20 heavy (non-hydrogen) atoms. The maximum atomic E-state index is 10.9. The second-order valence-electron chi connectivity index (χ2n) is 4.51. The van der Waals surface area contributed by atoms with Crippen LogP contribution in [-0.2, 0) is 10.3 Å². The molecule has 7 heteroatoms. The van der Waals surface area contributed by atoms with Crippen LogP contribution in [0.1, 0.15) is 33.7 Å². The first-order valence-electron chi connectivity index (χ1n) is 6.45. The Morgan fingerprint density at radius 2 is 1.80 bits per heavy atom. The van der Waals surface area contributed by atoms with Gasteiger partial charge in [0.2, 0.25) is 0 Å². The summed E-state index contributed by atoms with van der Waals surface area (Å²) in [6, 6.07) is 5.43. The number of aryl methyl sites for hydroxylation is 1. The van der Waals surface area contributed by atoms with Gasteiger partial charge in [-0.2, -0.15) is 13.6 Å². The van der Waals surface area contributed by atoms with Crippen LogP contribution in [0.15, 0.2) is 18.2 Å². The fourth-order valence-corrected chi connectivity index (χ4v) is 2.40. The molecule has 1 rings (SSSR count). The van der Waals surface area contributed by atoms with Crippen LogP contribution in [0, 0.1) is 6.92 Å². The summed E-state index contributed by atoms with van der Waals surface area (Å²) in [7, 11) is -3.97. The summed E-state index contributed by atoms with van der Waals surface area (Å²) in [6.45, 7) is 8.02. The van der Waals surface area contributed by atoms with E-state index in [9.17, 15) is 8.42 Å². The van der Waals surface area contributed by atoms with Gasteiger partial charge in [-0.15, -0.1) is 0 Å². The Labute approximate surface area is 145 Å². The first-order chi connectivity index (χ1) is 8.87. The third kappa shape index (κ3) is 6.45. The number of hydrogen-bond acceptors (Lipinski definition) is 4. The van der Waals surface area contributed by atoms with E-state index in [1.807, 2.05) is 12.1 Å². The van der Waals surface area contributed by atoms with E-state index in [1.54, 1.807) is 13.0 Å². The molecule has 0 spiro atoms. The largest absolute Gasteiger partial charge is 1.00 e. The molecule has 0 atom stereocenters. The van der Waals surface area contributed by atoms with Crippen molar-refractivity contribution in [2.75, 3.05) is 18.0 Å². The third-order valence-electron chi connectivity index (χ3n) is 2.72. The maximum absolute atomic E-state index is 10.9. The number of benzene rings is 1. The van der Waals surface area contributed by atoms with Crippen LogP contribution in [-0.4, -0.2) is 21.5 Å². The summed E-state index contributed by atoms with van der Waals surface area (Å²) >= 11 is 0. The average Bonchev–Trinajstić information content (AvgIpc) is 2.30. The van der Waals surface area contributed by atoms with Crippen molar-refractivity contribution < 1.29 is 43.6 Å². The Kier molecular flexibility index (Phi) is 8.77. The first kappa shape index (κ1) is 19.7. The van der Waals surface area contributed by atoms with Gasteiger partial charge in [-0.3, -0.25) is 0 Å². The molecular weight excluding hydrogens is 287 g/mol. The van der Waals surface area contributed by atoms with E-state index in [0.717, 1.165) is 37.2 Å². The average molecular weight is 310 g/mol. The molecule has 0 aliphatic heterocycles. The van der Waals surface area contributed by atoms with E-state index in [1.165, 1.54) is 0 Å². The topological polar surface area (TPSA) is 72.6 Å². The Morgan fingerprint density at radius 1 is 1.25 bits per heavy atom. The molecule has 5 nitrogen and oxygen atoms in total. The van der Waals surface area contributed by atoms with Gasteiger partial charge in [0.25, 0.3) is 0 Å². The molecule has 0 aliphatic carbocycles. The molecule has 0 heterocycles. The molecule has 0 saturated heterocycles. The number of rotatable bonds is 7. The van der Waals surface area contributed by atoms with Crippen LogP contribution in [0.2, 0.25) is 0 Å². The van der Waals surface area contributed by atoms with Gasteiger partial charge in [0.1, 0.15) is 5.75 Å². The van der Waals surface area contributed by atoms with Gasteiger partial charge in [-0.25, -0.2) is 0 Å². The normalized spacial score (nSPS) is 10.8. The minimum atomic E-state index is -3.97. The van der Waals surface area contributed by atoms with Gasteiger partial charge < -0.3 is 10.5 Å². The molecule has 0 aromatic heterocycles. The summed E-state index contributed by atoms with van der Waals surface area (Å²) in [5.41, 5.74) is 1.83. The predicted octanol–water partition coefficient (Wildman–Crippen LogP) is -0.680. The zero-order valence-electron chi connectivity index (χ0n) is 13.7. The minimum absolute atomic E-state index is 0. The van der Waals surface area contributed by atoms with Crippen LogP contribution < -0.4 is 43.8 Å². The molecule has 0 bridgehead atoms. The Bertz CT molecular complexity index is 520. The van der Waals surface area contributed by atoms with Crippen LogP contribution in [0.5, 0.6) is 5.75 Å². The second kappa shape index (κ2) is 8.89. The van der Waals surface area contributed by atoms with E-state index in [-0.39, 0.29) is 36.7 Å². The van der Waals surface area contributed by atoms with Crippen molar-refractivity contribution in [3.63, 3.8) is 0 Å². The molecule has 1 aromatic carbocycles. The Morgan fingerprint density at radius 3 is 2.20 bits per heavy atom. The van der Waals surface area contributed by atoms with Crippen molar-refractivity contribution in [1.82, 2.24) is 0 Å². The predicted molar refractivity (Wildman–Crippen MR) is 78.8 cm³/mol. The van der Waals surface area contributed by atoms with Crippen LogP contribution in [0.25, 0.3) is 0 Å². The van der Waals surface area contributed by atoms with Crippen molar-refractivity contribution in [3.05, 3.63) is 23.8 Å². The van der Waals surface area contributed by atoms with E-state index >= 15 is 0 Å².